The summed E-state index contributed by atoms with van der Waals surface area (Å²) in [7, 11) is 0. The number of hydrogen-bond acceptors (Lipinski definition) is 3. The van der Waals surface area contributed by atoms with Crippen LogP contribution in [0.25, 0.3) is 10.9 Å². The minimum Gasteiger partial charge on any atom is -0.392 e. The first-order valence-corrected chi connectivity index (χ1v) is 8.66. The summed E-state index contributed by atoms with van der Waals surface area (Å²) in [4.78, 5) is 6.92. The van der Waals surface area contributed by atoms with Gasteiger partial charge < -0.3 is 14.6 Å². The van der Waals surface area contributed by atoms with Gasteiger partial charge in [0.25, 0.3) is 0 Å². The monoisotopic (exact) mass is 332 g/mol. The van der Waals surface area contributed by atoms with Gasteiger partial charge in [0.1, 0.15) is 0 Å². The molecule has 2 aromatic heterocycles. The fourth-order valence-electron chi connectivity index (χ4n) is 3.88. The summed E-state index contributed by atoms with van der Waals surface area (Å²) in [6.07, 6.45) is 5.95. The van der Waals surface area contributed by atoms with Crippen molar-refractivity contribution in [2.45, 2.75) is 33.0 Å². The molecule has 1 aliphatic rings. The Kier molecular flexibility index (Phi) is 4.06. The molecule has 4 rings (SSSR count). The average Bonchev–Trinajstić information content (AvgIpc) is 2.93. The van der Waals surface area contributed by atoms with Gasteiger partial charge in [-0.1, -0.05) is 30.3 Å². The van der Waals surface area contributed by atoms with E-state index in [0.717, 1.165) is 47.5 Å². The molecular formula is C21H22N3O. The van der Waals surface area contributed by atoms with E-state index in [1.807, 2.05) is 19.1 Å². The first-order chi connectivity index (χ1) is 12.2. The lowest BCUT2D eigenvalue weighted by Gasteiger charge is -2.30. The zero-order chi connectivity index (χ0) is 17.4. The van der Waals surface area contributed by atoms with E-state index in [0.29, 0.717) is 6.54 Å². The Morgan fingerprint density at radius 3 is 2.88 bits per heavy atom. The van der Waals surface area contributed by atoms with E-state index in [1.54, 1.807) is 0 Å². The first kappa shape index (κ1) is 15.9. The maximum atomic E-state index is 9.84. The lowest BCUT2D eigenvalue weighted by Crippen LogP contribution is -2.31. The second kappa shape index (κ2) is 6.37. The van der Waals surface area contributed by atoms with Crippen molar-refractivity contribution in [1.29, 1.82) is 0 Å². The topological polar surface area (TPSA) is 41.3 Å². The van der Waals surface area contributed by atoms with E-state index in [2.05, 4.69) is 51.5 Å². The summed E-state index contributed by atoms with van der Waals surface area (Å²) < 4.78 is 2.20. The molecule has 0 amide bonds. The highest BCUT2D eigenvalue weighted by atomic mass is 16.3. The van der Waals surface area contributed by atoms with E-state index < -0.39 is 0 Å². The van der Waals surface area contributed by atoms with Crippen molar-refractivity contribution < 1.29 is 5.11 Å². The standard InChI is InChI=1S/C21H22N3O/c1-3-11-24-15(2)19(14-25)18-8-10-22-21(20(18)24)23-12-9-16-6-4-5-7-17(16)13-23/h3-8,25H,1,9,11-14H2,2H3. The van der Waals surface area contributed by atoms with Crippen LogP contribution >= 0.6 is 0 Å². The molecule has 0 saturated carbocycles. The molecule has 25 heavy (non-hydrogen) atoms. The van der Waals surface area contributed by atoms with Crippen molar-refractivity contribution in [3.8, 4) is 0 Å². The maximum absolute atomic E-state index is 9.84. The second-order valence-electron chi connectivity index (χ2n) is 6.53. The van der Waals surface area contributed by atoms with Crippen LogP contribution in [-0.2, 0) is 26.1 Å². The van der Waals surface area contributed by atoms with Gasteiger partial charge in [-0.15, -0.1) is 6.58 Å². The molecule has 4 heteroatoms. The Bertz CT molecular complexity index is 942. The van der Waals surface area contributed by atoms with Crippen molar-refractivity contribution in [2.75, 3.05) is 11.4 Å². The molecule has 3 heterocycles. The zero-order valence-corrected chi connectivity index (χ0v) is 14.5. The number of fused-ring (bicyclic) bond motifs is 2. The van der Waals surface area contributed by atoms with Crippen LogP contribution < -0.4 is 4.90 Å². The number of allylic oxidation sites excluding steroid dienone is 1. The van der Waals surface area contributed by atoms with Crippen LogP contribution in [0.4, 0.5) is 5.82 Å². The number of aromatic nitrogens is 2. The third-order valence-electron chi connectivity index (χ3n) is 5.18. The van der Waals surface area contributed by atoms with Gasteiger partial charge in [-0.05, 0) is 30.5 Å². The fraction of sp³-hybridized carbons (Fsp3) is 0.286. The molecule has 1 aliphatic heterocycles. The number of pyridine rings is 1. The molecule has 3 aromatic rings. The second-order valence-corrected chi connectivity index (χ2v) is 6.53. The maximum Gasteiger partial charge on any atom is 0.154 e. The van der Waals surface area contributed by atoms with E-state index in [-0.39, 0.29) is 6.61 Å². The van der Waals surface area contributed by atoms with Crippen molar-refractivity contribution in [3.63, 3.8) is 0 Å². The number of rotatable bonds is 4. The molecule has 0 saturated heterocycles. The molecule has 0 unspecified atom stereocenters. The van der Waals surface area contributed by atoms with Gasteiger partial charge in [-0.25, -0.2) is 4.98 Å². The van der Waals surface area contributed by atoms with Crippen LogP contribution in [-0.4, -0.2) is 21.2 Å². The molecule has 0 atom stereocenters. The SMILES string of the molecule is C=CCn1c(C)c(CO)c2c[c]nc(N3CCc4ccccc4C3)c21. The van der Waals surface area contributed by atoms with E-state index >= 15 is 0 Å². The highest BCUT2D eigenvalue weighted by molar-refractivity contribution is 5.93. The molecule has 1 N–H and O–H groups in total. The Hall–Kier alpha value is -2.59. The predicted molar refractivity (Wildman–Crippen MR) is 101 cm³/mol. The zero-order valence-electron chi connectivity index (χ0n) is 14.5. The molecule has 127 valence electrons. The number of aliphatic hydroxyl groups is 1. The molecular weight excluding hydrogens is 310 g/mol. The van der Waals surface area contributed by atoms with Gasteiger partial charge in [0, 0.05) is 36.3 Å². The lowest BCUT2D eigenvalue weighted by atomic mass is 10.00. The van der Waals surface area contributed by atoms with Crippen molar-refractivity contribution in [3.05, 3.63) is 71.6 Å². The van der Waals surface area contributed by atoms with Crippen LogP contribution in [0, 0.1) is 13.1 Å². The summed E-state index contributed by atoms with van der Waals surface area (Å²) in [6, 6.07) is 10.5. The van der Waals surface area contributed by atoms with E-state index in [1.165, 1.54) is 11.1 Å². The Balaban J connectivity index is 1.87. The quantitative estimate of drug-likeness (QED) is 0.745. The number of nitrogens with zero attached hydrogens (tertiary/aromatic N) is 3. The summed E-state index contributed by atoms with van der Waals surface area (Å²) in [5.74, 6) is 0.941. The summed E-state index contributed by atoms with van der Waals surface area (Å²) in [5.41, 5.74) is 5.86. The third-order valence-corrected chi connectivity index (χ3v) is 5.18. The molecule has 0 spiro atoms. The summed E-state index contributed by atoms with van der Waals surface area (Å²) >= 11 is 0. The highest BCUT2D eigenvalue weighted by Crippen LogP contribution is 2.34. The summed E-state index contributed by atoms with van der Waals surface area (Å²) in [6.45, 7) is 8.44. The smallest absolute Gasteiger partial charge is 0.154 e. The predicted octanol–water partition coefficient (Wildman–Crippen LogP) is 3.39. The van der Waals surface area contributed by atoms with Crippen molar-refractivity contribution in [2.24, 2.45) is 0 Å². The van der Waals surface area contributed by atoms with Crippen LogP contribution in [0.5, 0.6) is 0 Å². The minimum absolute atomic E-state index is 0.0204. The van der Waals surface area contributed by atoms with Gasteiger partial charge in [0.2, 0.25) is 0 Å². The van der Waals surface area contributed by atoms with Gasteiger partial charge >= 0.3 is 0 Å². The van der Waals surface area contributed by atoms with Gasteiger partial charge in [0.05, 0.1) is 18.3 Å². The average molecular weight is 332 g/mol. The largest absolute Gasteiger partial charge is 0.392 e. The Labute approximate surface area is 148 Å². The Morgan fingerprint density at radius 1 is 1.32 bits per heavy atom. The van der Waals surface area contributed by atoms with Gasteiger partial charge in [-0.2, -0.15) is 0 Å². The van der Waals surface area contributed by atoms with E-state index in [9.17, 15) is 5.11 Å². The molecule has 1 radical (unpaired) electrons. The Morgan fingerprint density at radius 2 is 2.12 bits per heavy atom. The number of benzene rings is 1. The lowest BCUT2D eigenvalue weighted by molar-refractivity contribution is 0.282. The van der Waals surface area contributed by atoms with Gasteiger partial charge in [0.15, 0.2) is 5.82 Å². The summed E-state index contributed by atoms with van der Waals surface area (Å²) in [5, 5.41) is 10.9. The number of anilines is 1. The van der Waals surface area contributed by atoms with Crippen molar-refractivity contribution in [1.82, 2.24) is 9.55 Å². The fourth-order valence-corrected chi connectivity index (χ4v) is 3.88. The molecule has 0 aliphatic carbocycles. The highest BCUT2D eigenvalue weighted by Gasteiger charge is 2.23. The third kappa shape index (κ3) is 2.53. The normalized spacial score (nSPS) is 13.9. The van der Waals surface area contributed by atoms with Crippen molar-refractivity contribution >= 4 is 16.7 Å². The number of hydrogen-bond donors (Lipinski definition) is 1. The van der Waals surface area contributed by atoms with Crippen LogP contribution in [0.1, 0.15) is 22.4 Å². The number of aliphatic hydroxyl groups excluding tert-OH is 1. The molecule has 1 aromatic carbocycles. The van der Waals surface area contributed by atoms with Crippen LogP contribution in [0.15, 0.2) is 43.0 Å². The van der Waals surface area contributed by atoms with Crippen LogP contribution in [0.2, 0.25) is 0 Å². The van der Waals surface area contributed by atoms with E-state index in [4.69, 9.17) is 0 Å². The molecule has 4 nitrogen and oxygen atoms in total. The minimum atomic E-state index is 0.0204. The van der Waals surface area contributed by atoms with Gasteiger partial charge in [-0.3, -0.25) is 0 Å². The molecule has 0 bridgehead atoms. The first-order valence-electron chi connectivity index (χ1n) is 8.66. The van der Waals surface area contributed by atoms with Crippen LogP contribution in [0.3, 0.4) is 0 Å². The molecule has 0 fully saturated rings.